The van der Waals surface area contributed by atoms with Crippen LogP contribution in [0.5, 0.6) is 0 Å². The summed E-state index contributed by atoms with van der Waals surface area (Å²) in [6.45, 7) is -0.249. The summed E-state index contributed by atoms with van der Waals surface area (Å²) in [7, 11) is 0. The first-order chi connectivity index (χ1) is 5.88. The highest BCUT2D eigenvalue weighted by Gasteiger charge is 1.98. The molecule has 4 nitrogen and oxygen atoms in total. The zero-order valence-electron chi connectivity index (χ0n) is 6.15. The molecule has 1 rings (SSSR count). The predicted molar refractivity (Wildman–Crippen MR) is 40.7 cm³/mol. The maximum Gasteiger partial charge on any atom is 0.174 e. The Morgan fingerprint density at radius 1 is 1.33 bits per heavy atom. The van der Waals surface area contributed by atoms with E-state index in [1.165, 1.54) is 12.4 Å². The molecule has 12 heavy (non-hydrogen) atoms. The van der Waals surface area contributed by atoms with E-state index >= 15 is 0 Å². The fourth-order valence-corrected chi connectivity index (χ4v) is 0.635. The molecule has 0 amide bonds. The van der Waals surface area contributed by atoms with Gasteiger partial charge in [-0.15, -0.1) is 0 Å². The molecular weight excluding hydrogens is 154 g/mol. The second-order valence-electron chi connectivity index (χ2n) is 1.83. The summed E-state index contributed by atoms with van der Waals surface area (Å²) in [4.78, 5) is 7.56. The molecule has 0 aliphatic heterocycles. The van der Waals surface area contributed by atoms with Crippen LogP contribution < -0.4 is 0 Å². The van der Waals surface area contributed by atoms with Gasteiger partial charge in [-0.2, -0.15) is 5.26 Å². The lowest BCUT2D eigenvalue weighted by Gasteiger charge is -1.89. The third-order valence-corrected chi connectivity index (χ3v) is 1.09. The van der Waals surface area contributed by atoms with Crippen molar-refractivity contribution in [3.63, 3.8) is 0 Å². The Balaban J connectivity index is 3.07. The van der Waals surface area contributed by atoms with Gasteiger partial charge in [0.1, 0.15) is 18.4 Å². The van der Waals surface area contributed by atoms with Crippen molar-refractivity contribution in [2.24, 2.45) is 0 Å². The van der Waals surface area contributed by atoms with Gasteiger partial charge in [0.05, 0.1) is 0 Å². The Bertz CT molecular complexity index is 370. The lowest BCUT2D eigenvalue weighted by molar-refractivity contribution is 0.350. The Morgan fingerprint density at radius 3 is 2.58 bits per heavy atom. The minimum absolute atomic E-state index is 0.179. The first kappa shape index (κ1) is 8.19. The van der Waals surface area contributed by atoms with E-state index in [-0.39, 0.29) is 12.3 Å². The monoisotopic (exact) mass is 159 g/mol. The van der Waals surface area contributed by atoms with Gasteiger partial charge in [-0.3, -0.25) is 0 Å². The molecule has 1 aromatic heterocycles. The van der Waals surface area contributed by atoms with Gasteiger partial charge in [0.15, 0.2) is 5.69 Å². The van der Waals surface area contributed by atoms with Crippen LogP contribution in [-0.4, -0.2) is 21.7 Å². The topological polar surface area (TPSA) is 69.8 Å². The summed E-state index contributed by atoms with van der Waals surface area (Å²) in [5.41, 5.74) is 0.479. The molecule has 0 unspecified atom stereocenters. The molecule has 1 heterocycles. The summed E-state index contributed by atoms with van der Waals surface area (Å²) in [6, 6.07) is 1.85. The fraction of sp³-hybridized carbons (Fsp3) is 0.125. The molecule has 0 fully saturated rings. The van der Waals surface area contributed by atoms with Crippen molar-refractivity contribution in [1.82, 2.24) is 9.97 Å². The van der Waals surface area contributed by atoms with Gasteiger partial charge in [-0.25, -0.2) is 9.97 Å². The Morgan fingerprint density at radius 2 is 2.00 bits per heavy atom. The van der Waals surface area contributed by atoms with Crippen LogP contribution in [-0.2, 0) is 0 Å². The highest BCUT2D eigenvalue weighted by atomic mass is 16.2. The second kappa shape index (κ2) is 4.07. The molecule has 0 saturated heterocycles. The van der Waals surface area contributed by atoms with E-state index in [2.05, 4.69) is 21.8 Å². The second-order valence-corrected chi connectivity index (χ2v) is 1.83. The zero-order chi connectivity index (χ0) is 8.81. The van der Waals surface area contributed by atoms with E-state index in [0.29, 0.717) is 5.69 Å². The van der Waals surface area contributed by atoms with Crippen molar-refractivity contribution in [2.75, 3.05) is 6.61 Å². The average Bonchev–Trinajstić information content (AvgIpc) is 2.15. The number of hydrogen-bond donors (Lipinski definition) is 1. The summed E-state index contributed by atoms with van der Waals surface area (Å²) >= 11 is 0. The van der Waals surface area contributed by atoms with E-state index in [0.717, 1.165) is 0 Å². The molecule has 0 radical (unpaired) electrons. The third-order valence-electron chi connectivity index (χ3n) is 1.09. The zero-order valence-corrected chi connectivity index (χ0v) is 6.15. The van der Waals surface area contributed by atoms with Crippen LogP contribution in [0.1, 0.15) is 11.4 Å². The van der Waals surface area contributed by atoms with E-state index in [1.54, 1.807) is 0 Å². The highest BCUT2D eigenvalue weighted by molar-refractivity contribution is 5.38. The van der Waals surface area contributed by atoms with Crippen LogP contribution in [0.2, 0.25) is 0 Å². The molecular formula is C8H5N3O. The first-order valence-corrected chi connectivity index (χ1v) is 3.19. The summed E-state index contributed by atoms with van der Waals surface area (Å²) in [5.74, 6) is 4.91. The molecule has 58 valence electrons. The van der Waals surface area contributed by atoms with Crippen LogP contribution in [0, 0.1) is 23.2 Å². The van der Waals surface area contributed by atoms with Crippen LogP contribution in [0.15, 0.2) is 12.4 Å². The van der Waals surface area contributed by atoms with E-state index in [1.807, 2.05) is 6.07 Å². The number of aliphatic hydroxyl groups is 1. The Kier molecular flexibility index (Phi) is 2.78. The van der Waals surface area contributed by atoms with Crippen molar-refractivity contribution in [2.45, 2.75) is 0 Å². The van der Waals surface area contributed by atoms with Gasteiger partial charge < -0.3 is 5.11 Å². The SMILES string of the molecule is N#Cc1nccnc1C#CCO. The van der Waals surface area contributed by atoms with Gasteiger partial charge in [-0.05, 0) is 5.92 Å². The highest BCUT2D eigenvalue weighted by Crippen LogP contribution is 1.95. The van der Waals surface area contributed by atoms with E-state index < -0.39 is 0 Å². The number of rotatable bonds is 0. The molecule has 1 aromatic rings. The summed E-state index contributed by atoms with van der Waals surface area (Å²) in [6.07, 6.45) is 2.87. The summed E-state index contributed by atoms with van der Waals surface area (Å²) in [5, 5.41) is 16.9. The number of nitriles is 1. The number of aromatic nitrogens is 2. The van der Waals surface area contributed by atoms with Gasteiger partial charge in [0, 0.05) is 12.4 Å². The molecule has 0 bridgehead atoms. The van der Waals surface area contributed by atoms with Crippen LogP contribution in [0.4, 0.5) is 0 Å². The standard InChI is InChI=1S/C8H5N3O/c9-6-8-7(2-1-5-12)10-3-4-11-8/h3-4,12H,5H2. The van der Waals surface area contributed by atoms with Crippen molar-refractivity contribution in [3.8, 4) is 17.9 Å². The quantitative estimate of drug-likeness (QED) is 0.527. The predicted octanol–water partition coefficient (Wildman–Crippen LogP) is -0.308. The maximum absolute atomic E-state index is 8.53. The molecule has 0 atom stereocenters. The van der Waals surface area contributed by atoms with Crippen molar-refractivity contribution < 1.29 is 5.11 Å². The minimum atomic E-state index is -0.249. The van der Waals surface area contributed by atoms with Gasteiger partial charge in [0.25, 0.3) is 0 Å². The molecule has 4 heteroatoms. The lowest BCUT2D eigenvalue weighted by Crippen LogP contribution is -1.91. The molecule has 1 N–H and O–H groups in total. The molecule has 0 aromatic carbocycles. The van der Waals surface area contributed by atoms with Crippen LogP contribution >= 0.6 is 0 Å². The average molecular weight is 159 g/mol. The normalized spacial score (nSPS) is 8.00. The van der Waals surface area contributed by atoms with E-state index in [4.69, 9.17) is 10.4 Å². The van der Waals surface area contributed by atoms with E-state index in [9.17, 15) is 0 Å². The number of hydrogen-bond acceptors (Lipinski definition) is 4. The minimum Gasteiger partial charge on any atom is -0.384 e. The smallest absolute Gasteiger partial charge is 0.174 e. The Hall–Kier alpha value is -1.91. The molecule has 0 saturated carbocycles. The largest absolute Gasteiger partial charge is 0.384 e. The molecule has 0 aliphatic rings. The molecule has 0 aliphatic carbocycles. The maximum atomic E-state index is 8.53. The summed E-state index contributed by atoms with van der Waals surface area (Å²) < 4.78 is 0. The van der Waals surface area contributed by atoms with Crippen molar-refractivity contribution >= 4 is 0 Å². The van der Waals surface area contributed by atoms with Crippen LogP contribution in [0.25, 0.3) is 0 Å². The fourth-order valence-electron chi connectivity index (χ4n) is 0.635. The van der Waals surface area contributed by atoms with Crippen LogP contribution in [0.3, 0.4) is 0 Å². The van der Waals surface area contributed by atoms with Gasteiger partial charge in [-0.1, -0.05) is 5.92 Å². The number of aliphatic hydroxyl groups excluding tert-OH is 1. The third kappa shape index (κ3) is 1.79. The molecule has 0 spiro atoms. The number of nitrogens with zero attached hydrogens (tertiary/aromatic N) is 3. The Labute approximate surface area is 69.5 Å². The first-order valence-electron chi connectivity index (χ1n) is 3.19. The van der Waals surface area contributed by atoms with Crippen molar-refractivity contribution in [1.29, 1.82) is 5.26 Å². The van der Waals surface area contributed by atoms with Crippen molar-refractivity contribution in [3.05, 3.63) is 23.8 Å². The van der Waals surface area contributed by atoms with Gasteiger partial charge in [0.2, 0.25) is 0 Å². The van der Waals surface area contributed by atoms with Gasteiger partial charge >= 0.3 is 0 Å². The lowest BCUT2D eigenvalue weighted by atomic mass is 10.3.